The molecule has 1 N–H and O–H groups in total. The number of carbonyl (C=O) groups is 1. The quantitative estimate of drug-likeness (QED) is 0.543. The van der Waals surface area contributed by atoms with Crippen molar-refractivity contribution in [3.8, 4) is 0 Å². The van der Waals surface area contributed by atoms with Gasteiger partial charge in [-0.15, -0.1) is 0 Å². The Bertz CT molecular complexity index is 706. The number of rotatable bonds is 7. The summed E-state index contributed by atoms with van der Waals surface area (Å²) in [4.78, 5) is 22.9. The van der Waals surface area contributed by atoms with E-state index in [2.05, 4.69) is 56.5 Å². The third kappa shape index (κ3) is 7.15. The standard InChI is InChI=1S/C23H35N5O2/c1-26(2)22(29)19-25-23(24-18-21-11-7-17-30-21)28-15-13-27(14-16-28)12-6-10-20-8-4-3-5-9-20/h3-6,8-10,21H,7,11-19H2,1-2H3,(H,24,25)/b10-6+. The smallest absolute Gasteiger partial charge is 0.243 e. The van der Waals surface area contributed by atoms with E-state index in [1.165, 1.54) is 5.56 Å². The molecule has 1 amide bonds. The van der Waals surface area contributed by atoms with Crippen LogP contribution in [0.2, 0.25) is 0 Å². The van der Waals surface area contributed by atoms with Crippen LogP contribution < -0.4 is 5.32 Å². The van der Waals surface area contributed by atoms with Crippen molar-refractivity contribution < 1.29 is 9.53 Å². The molecule has 1 atom stereocenters. The van der Waals surface area contributed by atoms with E-state index in [9.17, 15) is 4.79 Å². The fourth-order valence-electron chi connectivity index (χ4n) is 3.61. The summed E-state index contributed by atoms with van der Waals surface area (Å²) in [6.07, 6.45) is 6.84. The average Bonchev–Trinajstić information content (AvgIpc) is 3.28. The normalized spacial score (nSPS) is 20.7. The maximum atomic E-state index is 12.0. The largest absolute Gasteiger partial charge is 0.376 e. The highest BCUT2D eigenvalue weighted by Gasteiger charge is 2.21. The maximum absolute atomic E-state index is 12.0. The summed E-state index contributed by atoms with van der Waals surface area (Å²) >= 11 is 0. The Morgan fingerprint density at radius 3 is 2.67 bits per heavy atom. The van der Waals surface area contributed by atoms with Crippen LogP contribution in [0.4, 0.5) is 0 Å². The topological polar surface area (TPSA) is 60.4 Å². The zero-order chi connectivity index (χ0) is 21.2. The van der Waals surface area contributed by atoms with Crippen molar-refractivity contribution in [3.05, 3.63) is 42.0 Å². The van der Waals surface area contributed by atoms with Gasteiger partial charge in [-0.05, 0) is 18.4 Å². The van der Waals surface area contributed by atoms with E-state index < -0.39 is 0 Å². The van der Waals surface area contributed by atoms with Gasteiger partial charge in [0.25, 0.3) is 0 Å². The molecule has 3 rings (SSSR count). The average molecular weight is 414 g/mol. The maximum Gasteiger partial charge on any atom is 0.243 e. The predicted octanol–water partition coefficient (Wildman–Crippen LogP) is 1.53. The number of guanidine groups is 1. The number of likely N-dealkylation sites (N-methyl/N-ethyl adjacent to an activating group) is 1. The molecule has 1 unspecified atom stereocenters. The SMILES string of the molecule is CN(C)C(=O)CN=C(NCC1CCCO1)N1CCN(C/C=C/c2ccccc2)CC1. The van der Waals surface area contributed by atoms with Gasteiger partial charge in [0.15, 0.2) is 5.96 Å². The minimum Gasteiger partial charge on any atom is -0.376 e. The van der Waals surface area contributed by atoms with Gasteiger partial charge in [0.05, 0.1) is 6.10 Å². The molecule has 1 aromatic carbocycles. The van der Waals surface area contributed by atoms with E-state index in [1.807, 2.05) is 6.07 Å². The van der Waals surface area contributed by atoms with Crippen molar-refractivity contribution >= 4 is 17.9 Å². The lowest BCUT2D eigenvalue weighted by atomic mass is 10.2. The van der Waals surface area contributed by atoms with Gasteiger partial charge in [-0.1, -0.05) is 42.5 Å². The molecule has 0 saturated carbocycles. The molecule has 2 saturated heterocycles. The second-order valence-corrected chi connectivity index (χ2v) is 8.04. The molecule has 7 heteroatoms. The van der Waals surface area contributed by atoms with Crippen molar-refractivity contribution in [2.45, 2.75) is 18.9 Å². The van der Waals surface area contributed by atoms with Crippen molar-refractivity contribution in [1.82, 2.24) is 20.0 Å². The van der Waals surface area contributed by atoms with Gasteiger partial charge in [-0.25, -0.2) is 4.99 Å². The number of hydrogen-bond acceptors (Lipinski definition) is 4. The molecule has 0 radical (unpaired) electrons. The first-order valence-corrected chi connectivity index (χ1v) is 10.9. The van der Waals surface area contributed by atoms with Gasteiger partial charge in [0, 0.05) is 60.0 Å². The Morgan fingerprint density at radius 2 is 2.00 bits per heavy atom. The number of nitrogens with one attached hydrogen (secondary N) is 1. The highest BCUT2D eigenvalue weighted by Crippen LogP contribution is 2.11. The molecule has 30 heavy (non-hydrogen) atoms. The summed E-state index contributed by atoms with van der Waals surface area (Å²) < 4.78 is 5.73. The highest BCUT2D eigenvalue weighted by atomic mass is 16.5. The Kier molecular flexibility index (Phi) is 8.71. The van der Waals surface area contributed by atoms with Crippen molar-refractivity contribution in [2.75, 3.05) is 66.5 Å². The molecule has 7 nitrogen and oxygen atoms in total. The van der Waals surface area contributed by atoms with Gasteiger partial charge in [0.2, 0.25) is 5.91 Å². The summed E-state index contributed by atoms with van der Waals surface area (Å²) in [6.45, 7) is 6.43. The molecule has 2 heterocycles. The molecule has 0 bridgehead atoms. The zero-order valence-corrected chi connectivity index (χ0v) is 18.3. The number of piperazine rings is 1. The third-order valence-corrected chi connectivity index (χ3v) is 5.52. The second-order valence-electron chi connectivity index (χ2n) is 8.04. The number of aliphatic imine (C=N–C) groups is 1. The first-order valence-electron chi connectivity index (χ1n) is 10.9. The van der Waals surface area contributed by atoms with E-state index in [1.54, 1.807) is 19.0 Å². The van der Waals surface area contributed by atoms with Crippen molar-refractivity contribution in [2.24, 2.45) is 4.99 Å². The number of amides is 1. The predicted molar refractivity (Wildman–Crippen MR) is 121 cm³/mol. The van der Waals surface area contributed by atoms with Crippen LogP contribution in [0.25, 0.3) is 6.08 Å². The van der Waals surface area contributed by atoms with E-state index in [4.69, 9.17) is 4.74 Å². The van der Waals surface area contributed by atoms with E-state index in [0.29, 0.717) is 0 Å². The number of carbonyl (C=O) groups excluding carboxylic acids is 1. The third-order valence-electron chi connectivity index (χ3n) is 5.52. The highest BCUT2D eigenvalue weighted by molar-refractivity contribution is 5.85. The van der Waals surface area contributed by atoms with Gasteiger partial charge >= 0.3 is 0 Å². The van der Waals surface area contributed by atoms with Crippen LogP contribution in [0.3, 0.4) is 0 Å². The fraction of sp³-hybridized carbons (Fsp3) is 0.565. The minimum atomic E-state index is 0.0103. The summed E-state index contributed by atoms with van der Waals surface area (Å²) in [5, 5.41) is 3.45. The molecule has 164 valence electrons. The summed E-state index contributed by atoms with van der Waals surface area (Å²) in [6, 6.07) is 10.4. The summed E-state index contributed by atoms with van der Waals surface area (Å²) in [5.41, 5.74) is 1.23. The molecule has 2 aliphatic rings. The summed E-state index contributed by atoms with van der Waals surface area (Å²) in [5.74, 6) is 0.830. The lowest BCUT2D eigenvalue weighted by Crippen LogP contribution is -2.53. The number of benzene rings is 1. The van der Waals surface area contributed by atoms with Crippen molar-refractivity contribution in [1.29, 1.82) is 0 Å². The van der Waals surface area contributed by atoms with Gasteiger partial charge in [-0.2, -0.15) is 0 Å². The lowest BCUT2D eigenvalue weighted by Gasteiger charge is -2.36. The molecule has 0 aromatic heterocycles. The van der Waals surface area contributed by atoms with Crippen LogP contribution in [-0.4, -0.2) is 99.2 Å². The molecule has 1 aromatic rings. The van der Waals surface area contributed by atoms with E-state index in [0.717, 1.165) is 64.7 Å². The van der Waals surface area contributed by atoms with Gasteiger partial charge in [0.1, 0.15) is 6.54 Å². The Labute approximate surface area is 180 Å². The monoisotopic (exact) mass is 413 g/mol. The number of ether oxygens (including phenoxy) is 1. The van der Waals surface area contributed by atoms with Crippen LogP contribution in [0.15, 0.2) is 41.4 Å². The van der Waals surface area contributed by atoms with Crippen molar-refractivity contribution in [3.63, 3.8) is 0 Å². The Morgan fingerprint density at radius 1 is 1.23 bits per heavy atom. The van der Waals surface area contributed by atoms with Crippen LogP contribution in [0.1, 0.15) is 18.4 Å². The second kappa shape index (κ2) is 11.7. The molecular weight excluding hydrogens is 378 g/mol. The zero-order valence-electron chi connectivity index (χ0n) is 18.3. The molecule has 0 aliphatic carbocycles. The van der Waals surface area contributed by atoms with Gasteiger partial charge in [-0.3, -0.25) is 9.69 Å². The van der Waals surface area contributed by atoms with Crippen LogP contribution in [0.5, 0.6) is 0 Å². The van der Waals surface area contributed by atoms with Gasteiger partial charge < -0.3 is 19.9 Å². The fourth-order valence-corrected chi connectivity index (χ4v) is 3.61. The van der Waals surface area contributed by atoms with Crippen LogP contribution >= 0.6 is 0 Å². The minimum absolute atomic E-state index is 0.0103. The molecular formula is C23H35N5O2. The van der Waals surface area contributed by atoms with E-state index in [-0.39, 0.29) is 18.6 Å². The van der Waals surface area contributed by atoms with Crippen LogP contribution in [-0.2, 0) is 9.53 Å². The Balaban J connectivity index is 1.50. The first-order chi connectivity index (χ1) is 14.6. The number of hydrogen-bond donors (Lipinski definition) is 1. The van der Waals surface area contributed by atoms with Crippen LogP contribution in [0, 0.1) is 0 Å². The molecule has 0 spiro atoms. The Hall–Kier alpha value is -2.38. The number of nitrogens with zero attached hydrogens (tertiary/aromatic N) is 4. The first kappa shape index (κ1) is 22.3. The molecule has 2 aliphatic heterocycles. The molecule has 2 fully saturated rings. The van der Waals surface area contributed by atoms with E-state index >= 15 is 0 Å². The summed E-state index contributed by atoms with van der Waals surface area (Å²) in [7, 11) is 3.53. The lowest BCUT2D eigenvalue weighted by molar-refractivity contribution is -0.127.